The highest BCUT2D eigenvalue weighted by molar-refractivity contribution is 6.31. The summed E-state index contributed by atoms with van der Waals surface area (Å²) >= 11 is 6.43. The van der Waals surface area contributed by atoms with Crippen LogP contribution >= 0.6 is 11.6 Å². The van der Waals surface area contributed by atoms with Gasteiger partial charge in [-0.3, -0.25) is 0 Å². The first-order chi connectivity index (χ1) is 9.24. The van der Waals surface area contributed by atoms with E-state index in [9.17, 15) is 0 Å². The molecule has 0 spiro atoms. The topological polar surface area (TPSA) is 52.0 Å². The standard InChI is InChI=1S/C15H17ClN2O/c16-13-8-11(14-9-15(17)19-18-14)6-7-12(13)10-4-2-1-3-5-10/h6-10H,1-5,17H2. The molecule has 1 aliphatic rings. The Labute approximate surface area is 117 Å². The van der Waals surface area contributed by atoms with E-state index in [1.165, 1.54) is 37.7 Å². The molecule has 3 rings (SSSR count). The number of hydrogen-bond donors (Lipinski definition) is 1. The van der Waals surface area contributed by atoms with Crippen LogP contribution in [-0.2, 0) is 0 Å². The molecule has 0 atom stereocenters. The van der Waals surface area contributed by atoms with Crippen LogP contribution < -0.4 is 5.73 Å². The van der Waals surface area contributed by atoms with Crippen molar-refractivity contribution in [2.45, 2.75) is 38.0 Å². The highest BCUT2D eigenvalue weighted by Gasteiger charge is 2.18. The van der Waals surface area contributed by atoms with Crippen molar-refractivity contribution < 1.29 is 4.52 Å². The van der Waals surface area contributed by atoms with Crippen LogP contribution in [0.1, 0.15) is 43.6 Å². The minimum Gasteiger partial charge on any atom is -0.368 e. The molecule has 1 saturated carbocycles. The average molecular weight is 277 g/mol. The van der Waals surface area contributed by atoms with Gasteiger partial charge in [-0.2, -0.15) is 0 Å². The number of nitrogen functional groups attached to an aromatic ring is 1. The number of hydrogen-bond acceptors (Lipinski definition) is 3. The predicted octanol–water partition coefficient (Wildman–Crippen LogP) is 4.62. The minimum atomic E-state index is 0.322. The van der Waals surface area contributed by atoms with E-state index in [1.54, 1.807) is 6.07 Å². The maximum absolute atomic E-state index is 6.43. The Balaban J connectivity index is 1.89. The van der Waals surface area contributed by atoms with Gasteiger partial charge in [-0.1, -0.05) is 48.2 Å². The van der Waals surface area contributed by atoms with Crippen LogP contribution in [0.15, 0.2) is 28.8 Å². The number of halogens is 1. The fourth-order valence-electron chi connectivity index (χ4n) is 2.86. The van der Waals surface area contributed by atoms with Crippen molar-refractivity contribution in [3.05, 3.63) is 34.9 Å². The van der Waals surface area contributed by atoms with Gasteiger partial charge in [-0.05, 0) is 30.4 Å². The number of nitrogens with two attached hydrogens (primary N) is 1. The van der Waals surface area contributed by atoms with Crippen molar-refractivity contribution in [2.24, 2.45) is 0 Å². The van der Waals surface area contributed by atoms with Gasteiger partial charge in [0.2, 0.25) is 5.88 Å². The Morgan fingerprint density at radius 1 is 1.16 bits per heavy atom. The Bertz CT molecular complexity index is 573. The number of nitrogens with zero attached hydrogens (tertiary/aromatic N) is 1. The van der Waals surface area contributed by atoms with E-state index in [-0.39, 0.29) is 0 Å². The first-order valence-corrected chi connectivity index (χ1v) is 7.14. The third-order valence-corrected chi connectivity index (χ3v) is 4.20. The molecular formula is C15H17ClN2O. The third kappa shape index (κ3) is 2.61. The molecule has 0 bridgehead atoms. The van der Waals surface area contributed by atoms with E-state index < -0.39 is 0 Å². The van der Waals surface area contributed by atoms with E-state index in [0.717, 1.165) is 16.3 Å². The molecule has 2 N–H and O–H groups in total. The Morgan fingerprint density at radius 2 is 1.95 bits per heavy atom. The lowest BCUT2D eigenvalue weighted by atomic mass is 9.84. The zero-order valence-electron chi connectivity index (χ0n) is 10.7. The molecule has 1 aliphatic carbocycles. The van der Waals surface area contributed by atoms with Gasteiger partial charge < -0.3 is 10.3 Å². The molecule has 1 aromatic heterocycles. The van der Waals surface area contributed by atoms with Gasteiger partial charge in [-0.25, -0.2) is 0 Å². The molecule has 3 nitrogen and oxygen atoms in total. The van der Waals surface area contributed by atoms with Crippen LogP contribution in [0.4, 0.5) is 5.88 Å². The Hall–Kier alpha value is -1.48. The van der Waals surface area contributed by atoms with Crippen LogP contribution in [0.3, 0.4) is 0 Å². The summed E-state index contributed by atoms with van der Waals surface area (Å²) < 4.78 is 4.89. The van der Waals surface area contributed by atoms with Crippen molar-refractivity contribution in [2.75, 3.05) is 5.73 Å². The molecule has 0 amide bonds. The van der Waals surface area contributed by atoms with E-state index in [4.69, 9.17) is 21.9 Å². The molecule has 4 heteroatoms. The minimum absolute atomic E-state index is 0.322. The van der Waals surface area contributed by atoms with Gasteiger partial charge in [0.25, 0.3) is 0 Å². The molecule has 0 radical (unpaired) electrons. The second-order valence-electron chi connectivity index (χ2n) is 5.19. The molecular weight excluding hydrogens is 260 g/mol. The molecule has 1 fully saturated rings. The lowest BCUT2D eigenvalue weighted by molar-refractivity contribution is 0.439. The third-order valence-electron chi connectivity index (χ3n) is 3.87. The van der Waals surface area contributed by atoms with Crippen molar-refractivity contribution >= 4 is 17.5 Å². The normalized spacial score (nSPS) is 16.7. The second kappa shape index (κ2) is 5.25. The summed E-state index contributed by atoms with van der Waals surface area (Å²) in [6.45, 7) is 0. The quantitative estimate of drug-likeness (QED) is 0.870. The number of rotatable bonds is 2. The van der Waals surface area contributed by atoms with Gasteiger partial charge >= 0.3 is 0 Å². The van der Waals surface area contributed by atoms with Gasteiger partial charge in [0.1, 0.15) is 5.69 Å². The number of benzene rings is 1. The van der Waals surface area contributed by atoms with E-state index >= 15 is 0 Å². The maximum Gasteiger partial charge on any atom is 0.222 e. The van der Waals surface area contributed by atoms with Crippen LogP contribution in [0.25, 0.3) is 11.3 Å². The van der Waals surface area contributed by atoms with Crippen molar-refractivity contribution in [3.8, 4) is 11.3 Å². The molecule has 0 saturated heterocycles. The molecule has 2 aromatic rings. The summed E-state index contributed by atoms with van der Waals surface area (Å²) in [4.78, 5) is 0. The maximum atomic E-state index is 6.43. The SMILES string of the molecule is Nc1cc(-c2ccc(C3CCCCC3)c(Cl)c2)no1. The Morgan fingerprint density at radius 3 is 2.58 bits per heavy atom. The summed E-state index contributed by atoms with van der Waals surface area (Å²) in [5.41, 5.74) is 8.48. The molecule has 1 aromatic carbocycles. The zero-order chi connectivity index (χ0) is 13.2. The summed E-state index contributed by atoms with van der Waals surface area (Å²) in [6.07, 6.45) is 6.46. The van der Waals surface area contributed by atoms with Gasteiger partial charge in [0, 0.05) is 16.7 Å². The van der Waals surface area contributed by atoms with E-state index in [1.807, 2.05) is 12.1 Å². The summed E-state index contributed by atoms with van der Waals surface area (Å²) in [5.74, 6) is 0.931. The lowest BCUT2D eigenvalue weighted by Crippen LogP contribution is -2.05. The van der Waals surface area contributed by atoms with E-state index in [0.29, 0.717) is 11.8 Å². The van der Waals surface area contributed by atoms with Crippen molar-refractivity contribution in [1.29, 1.82) is 0 Å². The second-order valence-corrected chi connectivity index (χ2v) is 5.59. The monoisotopic (exact) mass is 276 g/mol. The molecule has 0 unspecified atom stereocenters. The lowest BCUT2D eigenvalue weighted by Gasteiger charge is -2.23. The first kappa shape index (κ1) is 12.5. The molecule has 19 heavy (non-hydrogen) atoms. The largest absolute Gasteiger partial charge is 0.368 e. The zero-order valence-corrected chi connectivity index (χ0v) is 11.5. The smallest absolute Gasteiger partial charge is 0.222 e. The summed E-state index contributed by atoms with van der Waals surface area (Å²) in [6, 6.07) is 7.85. The molecule has 100 valence electrons. The average Bonchev–Trinajstić information content (AvgIpc) is 2.86. The van der Waals surface area contributed by atoms with Gasteiger partial charge in [0.15, 0.2) is 0 Å². The predicted molar refractivity (Wildman–Crippen MR) is 77.2 cm³/mol. The van der Waals surface area contributed by atoms with E-state index in [2.05, 4.69) is 11.2 Å². The van der Waals surface area contributed by atoms with Crippen molar-refractivity contribution in [3.63, 3.8) is 0 Å². The van der Waals surface area contributed by atoms with Crippen LogP contribution in [0.5, 0.6) is 0 Å². The number of aromatic nitrogens is 1. The van der Waals surface area contributed by atoms with Gasteiger partial charge in [0.05, 0.1) is 0 Å². The Kier molecular flexibility index (Phi) is 3.47. The molecule has 1 heterocycles. The highest BCUT2D eigenvalue weighted by atomic mass is 35.5. The fourth-order valence-corrected chi connectivity index (χ4v) is 3.19. The molecule has 0 aliphatic heterocycles. The fraction of sp³-hybridized carbons (Fsp3) is 0.400. The van der Waals surface area contributed by atoms with Crippen LogP contribution in [-0.4, -0.2) is 5.16 Å². The number of anilines is 1. The van der Waals surface area contributed by atoms with Crippen LogP contribution in [0, 0.1) is 0 Å². The first-order valence-electron chi connectivity index (χ1n) is 6.76. The van der Waals surface area contributed by atoms with Gasteiger partial charge in [-0.15, -0.1) is 0 Å². The van der Waals surface area contributed by atoms with Crippen LogP contribution in [0.2, 0.25) is 5.02 Å². The summed E-state index contributed by atoms with van der Waals surface area (Å²) in [5, 5.41) is 4.74. The van der Waals surface area contributed by atoms with Crippen molar-refractivity contribution in [1.82, 2.24) is 5.16 Å². The summed E-state index contributed by atoms with van der Waals surface area (Å²) in [7, 11) is 0. The highest BCUT2D eigenvalue weighted by Crippen LogP contribution is 2.37.